The number of aryl methyl sites for hydroxylation is 1. The standard InChI is InChI=1S/C10H15N3O2/c1-7-5-8(12-15-7)6-13(2)9(14)10(11)3-4-10/h5H,3-4,6,11H2,1-2H3. The van der Waals surface area contributed by atoms with E-state index in [9.17, 15) is 4.79 Å². The molecule has 5 heteroatoms. The molecule has 15 heavy (non-hydrogen) atoms. The van der Waals surface area contributed by atoms with Crippen LogP contribution in [0.3, 0.4) is 0 Å². The van der Waals surface area contributed by atoms with E-state index in [0.29, 0.717) is 6.54 Å². The van der Waals surface area contributed by atoms with Gasteiger partial charge < -0.3 is 15.2 Å². The van der Waals surface area contributed by atoms with Crippen LogP contribution in [0, 0.1) is 6.92 Å². The molecule has 2 rings (SSSR count). The fraction of sp³-hybridized carbons (Fsp3) is 0.600. The minimum absolute atomic E-state index is 0.0110. The maximum Gasteiger partial charge on any atom is 0.242 e. The van der Waals surface area contributed by atoms with E-state index in [1.165, 1.54) is 0 Å². The molecule has 0 aromatic carbocycles. The van der Waals surface area contributed by atoms with Crippen LogP contribution in [0.1, 0.15) is 24.3 Å². The largest absolute Gasteiger partial charge is 0.361 e. The number of nitrogens with two attached hydrogens (primary N) is 1. The van der Waals surface area contributed by atoms with E-state index in [1.54, 1.807) is 11.9 Å². The topological polar surface area (TPSA) is 72.4 Å². The predicted octanol–water partition coefficient (Wildman–Crippen LogP) is 0.433. The first-order valence-corrected chi connectivity index (χ1v) is 4.98. The van der Waals surface area contributed by atoms with E-state index in [4.69, 9.17) is 10.3 Å². The molecule has 1 amide bonds. The van der Waals surface area contributed by atoms with Gasteiger partial charge in [-0.1, -0.05) is 5.16 Å². The Kier molecular flexibility index (Phi) is 2.26. The molecule has 1 fully saturated rings. The number of nitrogens with zero attached hydrogens (tertiary/aromatic N) is 2. The molecule has 0 radical (unpaired) electrons. The Morgan fingerprint density at radius 1 is 1.73 bits per heavy atom. The summed E-state index contributed by atoms with van der Waals surface area (Å²) in [6.07, 6.45) is 1.57. The first-order valence-electron chi connectivity index (χ1n) is 4.98. The number of carbonyl (C=O) groups is 1. The van der Waals surface area contributed by atoms with Gasteiger partial charge in [-0.05, 0) is 19.8 Å². The molecule has 0 spiro atoms. The van der Waals surface area contributed by atoms with Crippen molar-refractivity contribution >= 4 is 5.91 Å². The number of likely N-dealkylation sites (N-methyl/N-ethyl adjacent to an activating group) is 1. The molecular formula is C10H15N3O2. The Morgan fingerprint density at radius 2 is 2.40 bits per heavy atom. The van der Waals surface area contributed by atoms with E-state index >= 15 is 0 Å². The minimum Gasteiger partial charge on any atom is -0.361 e. The van der Waals surface area contributed by atoms with Crippen molar-refractivity contribution in [1.82, 2.24) is 10.1 Å². The average molecular weight is 209 g/mol. The highest BCUT2D eigenvalue weighted by atomic mass is 16.5. The van der Waals surface area contributed by atoms with Crippen LogP contribution in [0.2, 0.25) is 0 Å². The second kappa shape index (κ2) is 3.34. The van der Waals surface area contributed by atoms with Crippen molar-refractivity contribution in [3.05, 3.63) is 17.5 Å². The van der Waals surface area contributed by atoms with Gasteiger partial charge in [-0.15, -0.1) is 0 Å². The molecule has 0 aliphatic heterocycles. The van der Waals surface area contributed by atoms with E-state index in [2.05, 4.69) is 5.16 Å². The Balaban J connectivity index is 1.97. The first kappa shape index (κ1) is 10.2. The van der Waals surface area contributed by atoms with Crippen LogP contribution < -0.4 is 5.73 Å². The van der Waals surface area contributed by atoms with Crippen molar-refractivity contribution in [2.75, 3.05) is 7.05 Å². The average Bonchev–Trinajstić information content (AvgIpc) is 2.80. The lowest BCUT2D eigenvalue weighted by Gasteiger charge is -2.19. The van der Waals surface area contributed by atoms with Crippen LogP contribution in [-0.4, -0.2) is 28.6 Å². The molecule has 1 aromatic rings. The summed E-state index contributed by atoms with van der Waals surface area (Å²) < 4.78 is 4.93. The highest BCUT2D eigenvalue weighted by Gasteiger charge is 2.47. The molecule has 1 saturated carbocycles. The van der Waals surface area contributed by atoms with E-state index in [0.717, 1.165) is 24.3 Å². The molecule has 1 aliphatic rings. The number of rotatable bonds is 3. The summed E-state index contributed by atoms with van der Waals surface area (Å²) in [5.41, 5.74) is 5.97. The molecule has 0 saturated heterocycles. The quantitative estimate of drug-likeness (QED) is 0.783. The lowest BCUT2D eigenvalue weighted by Crippen LogP contribution is -2.43. The zero-order valence-corrected chi connectivity index (χ0v) is 8.99. The van der Waals surface area contributed by atoms with Crippen LogP contribution in [0.15, 0.2) is 10.6 Å². The molecule has 82 valence electrons. The zero-order chi connectivity index (χ0) is 11.1. The maximum atomic E-state index is 11.8. The number of aromatic nitrogens is 1. The number of hydrogen-bond donors (Lipinski definition) is 1. The molecule has 1 aromatic heterocycles. The van der Waals surface area contributed by atoms with Gasteiger partial charge in [0, 0.05) is 13.1 Å². The van der Waals surface area contributed by atoms with E-state index < -0.39 is 5.54 Å². The van der Waals surface area contributed by atoms with Gasteiger partial charge >= 0.3 is 0 Å². The van der Waals surface area contributed by atoms with Crippen LogP contribution in [0.25, 0.3) is 0 Å². The third-order valence-electron chi connectivity index (χ3n) is 2.64. The molecule has 1 aliphatic carbocycles. The fourth-order valence-electron chi connectivity index (χ4n) is 1.54. The van der Waals surface area contributed by atoms with Gasteiger partial charge in [0.25, 0.3) is 0 Å². The van der Waals surface area contributed by atoms with Crippen LogP contribution in [0.5, 0.6) is 0 Å². The number of amides is 1. The summed E-state index contributed by atoms with van der Waals surface area (Å²) in [5.74, 6) is 0.739. The normalized spacial score (nSPS) is 17.5. The number of hydrogen-bond acceptors (Lipinski definition) is 4. The van der Waals surface area contributed by atoms with Crippen molar-refractivity contribution in [2.45, 2.75) is 31.8 Å². The lowest BCUT2D eigenvalue weighted by molar-refractivity contribution is -0.132. The second-order valence-corrected chi connectivity index (χ2v) is 4.25. The minimum atomic E-state index is -0.604. The van der Waals surface area contributed by atoms with Crippen LogP contribution in [0.4, 0.5) is 0 Å². The van der Waals surface area contributed by atoms with Crippen molar-refractivity contribution in [3.8, 4) is 0 Å². The highest BCUT2D eigenvalue weighted by Crippen LogP contribution is 2.34. The third-order valence-corrected chi connectivity index (χ3v) is 2.64. The predicted molar refractivity (Wildman–Crippen MR) is 53.9 cm³/mol. The Morgan fingerprint density at radius 3 is 2.87 bits per heavy atom. The molecule has 0 bridgehead atoms. The van der Waals surface area contributed by atoms with E-state index in [-0.39, 0.29) is 5.91 Å². The summed E-state index contributed by atoms with van der Waals surface area (Å²) in [4.78, 5) is 13.4. The van der Waals surface area contributed by atoms with Crippen LogP contribution in [-0.2, 0) is 11.3 Å². The summed E-state index contributed by atoms with van der Waals surface area (Å²) in [5, 5.41) is 3.83. The summed E-state index contributed by atoms with van der Waals surface area (Å²) >= 11 is 0. The van der Waals surface area contributed by atoms with Gasteiger partial charge in [0.1, 0.15) is 11.5 Å². The van der Waals surface area contributed by atoms with Gasteiger partial charge in [0.15, 0.2) is 0 Å². The Hall–Kier alpha value is -1.36. The Bertz CT molecular complexity index is 382. The highest BCUT2D eigenvalue weighted by molar-refractivity contribution is 5.88. The van der Waals surface area contributed by atoms with Gasteiger partial charge in [0.2, 0.25) is 5.91 Å². The Labute approximate surface area is 88.2 Å². The first-order chi connectivity index (χ1) is 7.01. The van der Waals surface area contributed by atoms with Gasteiger partial charge in [-0.2, -0.15) is 0 Å². The summed E-state index contributed by atoms with van der Waals surface area (Å²) in [6.45, 7) is 2.28. The van der Waals surface area contributed by atoms with Gasteiger partial charge in [-0.25, -0.2) is 0 Å². The summed E-state index contributed by atoms with van der Waals surface area (Å²) in [7, 11) is 1.74. The molecule has 0 atom stereocenters. The van der Waals surface area contributed by atoms with E-state index in [1.807, 2.05) is 13.0 Å². The molecule has 0 unspecified atom stereocenters. The lowest BCUT2D eigenvalue weighted by atomic mass is 10.2. The SMILES string of the molecule is Cc1cc(CN(C)C(=O)C2(N)CC2)no1. The molecule has 2 N–H and O–H groups in total. The van der Waals surface area contributed by atoms with Crippen molar-refractivity contribution < 1.29 is 9.32 Å². The second-order valence-electron chi connectivity index (χ2n) is 4.25. The smallest absolute Gasteiger partial charge is 0.242 e. The molecular weight excluding hydrogens is 194 g/mol. The monoisotopic (exact) mass is 209 g/mol. The van der Waals surface area contributed by atoms with Gasteiger partial charge in [-0.3, -0.25) is 4.79 Å². The summed E-state index contributed by atoms with van der Waals surface area (Å²) in [6, 6.07) is 1.82. The van der Waals surface area contributed by atoms with Crippen molar-refractivity contribution in [2.24, 2.45) is 5.73 Å². The fourth-order valence-corrected chi connectivity index (χ4v) is 1.54. The maximum absolute atomic E-state index is 11.8. The van der Waals surface area contributed by atoms with Gasteiger partial charge in [0.05, 0.1) is 12.1 Å². The zero-order valence-electron chi connectivity index (χ0n) is 8.99. The molecule has 5 nitrogen and oxygen atoms in total. The van der Waals surface area contributed by atoms with Crippen LogP contribution >= 0.6 is 0 Å². The number of carbonyl (C=O) groups excluding carboxylic acids is 1. The van der Waals surface area contributed by atoms with Crippen molar-refractivity contribution in [1.29, 1.82) is 0 Å². The van der Waals surface area contributed by atoms with Crippen molar-refractivity contribution in [3.63, 3.8) is 0 Å². The molecule has 1 heterocycles. The third kappa shape index (κ3) is 2.02.